The predicted molar refractivity (Wildman–Crippen MR) is 87.6 cm³/mol. The number of likely N-dealkylation sites (tertiary alicyclic amines) is 1. The van der Waals surface area contributed by atoms with Crippen molar-refractivity contribution in [1.29, 1.82) is 0 Å². The minimum atomic E-state index is -0.496. The second kappa shape index (κ2) is 5.99. The Morgan fingerprint density at radius 2 is 2.25 bits per heavy atom. The Morgan fingerprint density at radius 3 is 3.08 bits per heavy atom. The first-order valence-electron chi connectivity index (χ1n) is 8.08. The number of hydrogen-bond donors (Lipinski definition) is 1. The van der Waals surface area contributed by atoms with Crippen molar-refractivity contribution in [3.8, 4) is 0 Å². The summed E-state index contributed by atoms with van der Waals surface area (Å²) in [5.74, 6) is 0.568. The molecule has 4 rings (SSSR count). The number of carbonyl (C=O) groups excluding carboxylic acids is 1. The van der Waals surface area contributed by atoms with Crippen LogP contribution in [0, 0.1) is 0 Å². The average Bonchev–Trinajstić information content (AvgIpc) is 3.24. The van der Waals surface area contributed by atoms with E-state index >= 15 is 0 Å². The van der Waals surface area contributed by atoms with Crippen molar-refractivity contribution in [2.45, 2.75) is 25.3 Å². The quantitative estimate of drug-likeness (QED) is 0.794. The van der Waals surface area contributed by atoms with Gasteiger partial charge >= 0.3 is 5.76 Å². The normalized spacial score (nSPS) is 18.2. The van der Waals surface area contributed by atoms with E-state index in [1.54, 1.807) is 30.6 Å². The van der Waals surface area contributed by atoms with Crippen LogP contribution in [-0.2, 0) is 11.3 Å². The smallest absolute Gasteiger partial charge is 0.408 e. The summed E-state index contributed by atoms with van der Waals surface area (Å²) >= 11 is 0. The van der Waals surface area contributed by atoms with Gasteiger partial charge < -0.3 is 14.3 Å². The molecular weight excluding hydrogens is 308 g/mol. The molecule has 1 aliphatic heterocycles. The Morgan fingerprint density at radius 1 is 1.38 bits per heavy atom. The number of piperidine rings is 1. The maximum Gasteiger partial charge on any atom is 0.420 e. The van der Waals surface area contributed by atoms with Crippen LogP contribution in [0.2, 0.25) is 0 Å². The van der Waals surface area contributed by atoms with Crippen LogP contribution in [0.3, 0.4) is 0 Å². The second-order valence-electron chi connectivity index (χ2n) is 6.08. The van der Waals surface area contributed by atoms with Crippen molar-refractivity contribution in [3.05, 3.63) is 53.0 Å². The van der Waals surface area contributed by atoms with E-state index in [0.29, 0.717) is 24.2 Å². The number of rotatable bonds is 3. The van der Waals surface area contributed by atoms with Gasteiger partial charge in [-0.05, 0) is 25.0 Å². The molecule has 3 aromatic rings. The fourth-order valence-electron chi connectivity index (χ4n) is 3.33. The number of benzene rings is 1. The lowest BCUT2D eigenvalue weighted by molar-refractivity contribution is -0.133. The Hall–Kier alpha value is -2.83. The van der Waals surface area contributed by atoms with Crippen molar-refractivity contribution >= 4 is 17.0 Å². The van der Waals surface area contributed by atoms with Gasteiger partial charge in [-0.25, -0.2) is 9.78 Å². The van der Waals surface area contributed by atoms with E-state index in [1.165, 1.54) is 4.57 Å². The van der Waals surface area contributed by atoms with Crippen LogP contribution in [0.1, 0.15) is 24.6 Å². The largest absolute Gasteiger partial charge is 0.420 e. The van der Waals surface area contributed by atoms with Gasteiger partial charge in [0, 0.05) is 31.4 Å². The van der Waals surface area contributed by atoms with Crippen LogP contribution in [0.5, 0.6) is 0 Å². The molecular formula is C17H18N4O3. The van der Waals surface area contributed by atoms with E-state index in [9.17, 15) is 9.59 Å². The molecule has 1 amide bonds. The van der Waals surface area contributed by atoms with Gasteiger partial charge in [-0.1, -0.05) is 12.1 Å². The molecule has 1 aromatic carbocycles. The summed E-state index contributed by atoms with van der Waals surface area (Å²) in [6, 6.07) is 7.14. The Bertz CT molecular complexity index is 909. The lowest BCUT2D eigenvalue weighted by Gasteiger charge is -2.31. The van der Waals surface area contributed by atoms with Crippen molar-refractivity contribution in [3.63, 3.8) is 0 Å². The average molecular weight is 326 g/mol. The molecule has 1 aliphatic rings. The summed E-state index contributed by atoms with van der Waals surface area (Å²) in [5.41, 5.74) is 1.15. The number of H-pyrrole nitrogens is 1. The molecule has 0 radical (unpaired) electrons. The molecule has 0 saturated carbocycles. The first-order valence-corrected chi connectivity index (χ1v) is 8.08. The number of aromatic amines is 1. The van der Waals surface area contributed by atoms with E-state index in [1.807, 2.05) is 11.0 Å². The van der Waals surface area contributed by atoms with E-state index < -0.39 is 5.76 Å². The third-order valence-corrected chi connectivity index (χ3v) is 4.55. The number of hydrogen-bond acceptors (Lipinski definition) is 4. The predicted octanol–water partition coefficient (Wildman–Crippen LogP) is 1.72. The van der Waals surface area contributed by atoms with Gasteiger partial charge in [0.05, 0.1) is 5.52 Å². The summed E-state index contributed by atoms with van der Waals surface area (Å²) in [5, 5.41) is 0. The van der Waals surface area contributed by atoms with Gasteiger partial charge in [0.25, 0.3) is 0 Å². The Kier molecular flexibility index (Phi) is 3.68. The summed E-state index contributed by atoms with van der Waals surface area (Å²) < 4.78 is 6.59. The monoisotopic (exact) mass is 326 g/mol. The molecule has 0 aliphatic carbocycles. The van der Waals surface area contributed by atoms with Gasteiger partial charge in [-0.2, -0.15) is 0 Å². The lowest BCUT2D eigenvalue weighted by atomic mass is 9.97. The minimum Gasteiger partial charge on any atom is -0.408 e. The third kappa shape index (κ3) is 2.62. The molecule has 0 bridgehead atoms. The lowest BCUT2D eigenvalue weighted by Crippen LogP contribution is -2.42. The van der Waals surface area contributed by atoms with Crippen molar-refractivity contribution in [2.24, 2.45) is 0 Å². The van der Waals surface area contributed by atoms with Crippen LogP contribution in [0.25, 0.3) is 11.1 Å². The summed E-state index contributed by atoms with van der Waals surface area (Å²) in [6.07, 6.45) is 5.46. The van der Waals surface area contributed by atoms with E-state index in [2.05, 4.69) is 9.97 Å². The number of nitrogens with one attached hydrogen (secondary N) is 1. The fourth-order valence-corrected chi connectivity index (χ4v) is 3.33. The van der Waals surface area contributed by atoms with Crippen LogP contribution in [0.15, 0.2) is 45.9 Å². The van der Waals surface area contributed by atoms with Gasteiger partial charge in [0.2, 0.25) is 5.91 Å². The van der Waals surface area contributed by atoms with E-state index in [-0.39, 0.29) is 18.4 Å². The molecule has 0 unspecified atom stereocenters. The van der Waals surface area contributed by atoms with Gasteiger partial charge in [-0.3, -0.25) is 9.36 Å². The zero-order valence-electron chi connectivity index (χ0n) is 13.1. The molecule has 1 saturated heterocycles. The van der Waals surface area contributed by atoms with Gasteiger partial charge in [0.15, 0.2) is 5.58 Å². The van der Waals surface area contributed by atoms with Gasteiger partial charge in [0.1, 0.15) is 12.4 Å². The summed E-state index contributed by atoms with van der Waals surface area (Å²) in [4.78, 5) is 33.9. The van der Waals surface area contributed by atoms with Crippen LogP contribution in [-0.4, -0.2) is 38.4 Å². The molecule has 2 aromatic heterocycles. The van der Waals surface area contributed by atoms with E-state index in [0.717, 1.165) is 18.7 Å². The number of oxazole rings is 1. The zero-order chi connectivity index (χ0) is 16.5. The standard InChI is InChI=1S/C17H18N4O3/c22-15(11-21-13-5-1-2-6-14(13)24-17(21)23)20-9-3-4-12(10-20)16-18-7-8-19-16/h1-2,5-8,12H,3-4,9-11H2,(H,18,19)/t12-/m1/s1. The molecule has 1 atom stereocenters. The summed E-state index contributed by atoms with van der Waals surface area (Å²) in [7, 11) is 0. The van der Waals surface area contributed by atoms with Gasteiger partial charge in [-0.15, -0.1) is 0 Å². The molecule has 7 nitrogen and oxygen atoms in total. The highest BCUT2D eigenvalue weighted by Crippen LogP contribution is 2.24. The maximum absolute atomic E-state index is 12.7. The highest BCUT2D eigenvalue weighted by atomic mass is 16.4. The fraction of sp³-hybridized carbons (Fsp3) is 0.353. The highest BCUT2D eigenvalue weighted by Gasteiger charge is 2.27. The van der Waals surface area contributed by atoms with Crippen molar-refractivity contribution < 1.29 is 9.21 Å². The highest BCUT2D eigenvalue weighted by molar-refractivity contribution is 5.79. The number of imidazole rings is 1. The number of para-hydroxylation sites is 2. The Labute approximate surface area is 137 Å². The second-order valence-corrected chi connectivity index (χ2v) is 6.08. The van der Waals surface area contributed by atoms with Crippen LogP contribution >= 0.6 is 0 Å². The molecule has 0 spiro atoms. The number of fused-ring (bicyclic) bond motifs is 1. The SMILES string of the molecule is O=C(Cn1c(=O)oc2ccccc21)N1CCC[C@@H](c2ncc[nH]2)C1. The van der Waals surface area contributed by atoms with E-state index in [4.69, 9.17) is 4.42 Å². The third-order valence-electron chi connectivity index (χ3n) is 4.55. The Balaban J connectivity index is 1.53. The minimum absolute atomic E-state index is 0.000716. The number of carbonyl (C=O) groups is 1. The molecule has 3 heterocycles. The van der Waals surface area contributed by atoms with Crippen molar-refractivity contribution in [1.82, 2.24) is 19.4 Å². The molecule has 7 heteroatoms. The summed E-state index contributed by atoms with van der Waals surface area (Å²) in [6.45, 7) is 1.33. The molecule has 1 fully saturated rings. The topological polar surface area (TPSA) is 84.1 Å². The van der Waals surface area contributed by atoms with Crippen molar-refractivity contribution in [2.75, 3.05) is 13.1 Å². The molecule has 1 N–H and O–H groups in total. The molecule has 124 valence electrons. The van der Waals surface area contributed by atoms with Crippen LogP contribution < -0.4 is 5.76 Å². The number of aromatic nitrogens is 3. The molecule has 24 heavy (non-hydrogen) atoms. The first-order chi connectivity index (χ1) is 11.7. The zero-order valence-corrected chi connectivity index (χ0v) is 13.1. The number of nitrogens with zero attached hydrogens (tertiary/aromatic N) is 3. The first kappa shape index (κ1) is 14.7. The number of amides is 1. The van der Waals surface area contributed by atoms with Crippen LogP contribution in [0.4, 0.5) is 0 Å². The maximum atomic E-state index is 12.7.